The molecule has 0 aliphatic rings. The second-order valence-electron chi connectivity index (χ2n) is 2.79. The van der Waals surface area contributed by atoms with Crippen LogP contribution in [0.1, 0.15) is 31.8 Å². The van der Waals surface area contributed by atoms with Gasteiger partial charge in [-0.2, -0.15) is 0 Å². The van der Waals surface area contributed by atoms with Crippen molar-refractivity contribution < 1.29 is 0 Å². The zero-order valence-electron chi connectivity index (χ0n) is 7.67. The SMILES string of the molecule is CCCc1nc(CC)ncc1N. The fourth-order valence-corrected chi connectivity index (χ4v) is 1.08. The maximum absolute atomic E-state index is 5.71. The van der Waals surface area contributed by atoms with E-state index in [0.29, 0.717) is 5.69 Å². The molecule has 0 aliphatic heterocycles. The van der Waals surface area contributed by atoms with Crippen LogP contribution in [0.5, 0.6) is 0 Å². The Labute approximate surface area is 73.0 Å². The van der Waals surface area contributed by atoms with Crippen LogP contribution in [-0.4, -0.2) is 9.97 Å². The minimum atomic E-state index is 0.717. The second-order valence-corrected chi connectivity index (χ2v) is 2.79. The first-order valence-corrected chi connectivity index (χ1v) is 4.38. The number of hydrogen-bond acceptors (Lipinski definition) is 3. The zero-order valence-corrected chi connectivity index (χ0v) is 7.67. The van der Waals surface area contributed by atoms with Crippen molar-refractivity contribution in [3.05, 3.63) is 17.7 Å². The van der Waals surface area contributed by atoms with Crippen molar-refractivity contribution in [1.82, 2.24) is 9.97 Å². The molecule has 1 heterocycles. The van der Waals surface area contributed by atoms with Gasteiger partial charge in [0.25, 0.3) is 0 Å². The van der Waals surface area contributed by atoms with Crippen LogP contribution < -0.4 is 5.73 Å². The Hall–Kier alpha value is -1.12. The third kappa shape index (κ3) is 1.94. The average molecular weight is 165 g/mol. The Morgan fingerprint density at radius 2 is 2.17 bits per heavy atom. The van der Waals surface area contributed by atoms with Gasteiger partial charge in [-0.3, -0.25) is 0 Å². The Bertz CT molecular complexity index is 258. The summed E-state index contributed by atoms with van der Waals surface area (Å²) >= 11 is 0. The predicted octanol–water partition coefficient (Wildman–Crippen LogP) is 1.57. The first-order chi connectivity index (χ1) is 5.77. The quantitative estimate of drug-likeness (QED) is 0.739. The number of aromatic nitrogens is 2. The second kappa shape index (κ2) is 4.04. The van der Waals surface area contributed by atoms with Gasteiger partial charge in [0.2, 0.25) is 0 Å². The van der Waals surface area contributed by atoms with E-state index < -0.39 is 0 Å². The van der Waals surface area contributed by atoms with Crippen LogP contribution in [0, 0.1) is 0 Å². The molecular formula is C9H15N3. The van der Waals surface area contributed by atoms with E-state index in [9.17, 15) is 0 Å². The van der Waals surface area contributed by atoms with Gasteiger partial charge in [-0.25, -0.2) is 9.97 Å². The molecule has 0 radical (unpaired) electrons. The van der Waals surface area contributed by atoms with Gasteiger partial charge in [0.15, 0.2) is 0 Å². The summed E-state index contributed by atoms with van der Waals surface area (Å²) in [6.07, 6.45) is 4.60. The fraction of sp³-hybridized carbons (Fsp3) is 0.556. The van der Waals surface area contributed by atoms with Gasteiger partial charge in [-0.15, -0.1) is 0 Å². The lowest BCUT2D eigenvalue weighted by molar-refractivity contribution is 0.838. The van der Waals surface area contributed by atoms with Crippen molar-refractivity contribution in [1.29, 1.82) is 0 Å². The fourth-order valence-electron chi connectivity index (χ4n) is 1.08. The van der Waals surface area contributed by atoms with Crippen LogP contribution in [0.2, 0.25) is 0 Å². The van der Waals surface area contributed by atoms with Crippen LogP contribution in [0.4, 0.5) is 5.69 Å². The molecule has 3 nitrogen and oxygen atoms in total. The molecule has 0 fully saturated rings. The molecule has 0 spiro atoms. The molecule has 0 unspecified atom stereocenters. The molecule has 0 aliphatic carbocycles. The summed E-state index contributed by atoms with van der Waals surface area (Å²) in [5, 5.41) is 0. The van der Waals surface area contributed by atoms with Crippen molar-refractivity contribution in [2.45, 2.75) is 33.1 Å². The summed E-state index contributed by atoms with van der Waals surface area (Å²) in [5.74, 6) is 0.882. The van der Waals surface area contributed by atoms with Crippen molar-refractivity contribution in [2.75, 3.05) is 5.73 Å². The van der Waals surface area contributed by atoms with E-state index in [0.717, 1.165) is 30.8 Å². The summed E-state index contributed by atoms with van der Waals surface area (Å²) in [6, 6.07) is 0. The molecule has 12 heavy (non-hydrogen) atoms. The lowest BCUT2D eigenvalue weighted by Gasteiger charge is -2.03. The summed E-state index contributed by atoms with van der Waals surface area (Å²) in [6.45, 7) is 4.16. The molecule has 2 N–H and O–H groups in total. The van der Waals surface area contributed by atoms with Gasteiger partial charge >= 0.3 is 0 Å². The Kier molecular flexibility index (Phi) is 3.02. The molecule has 0 amide bonds. The minimum Gasteiger partial charge on any atom is -0.396 e. The Morgan fingerprint density at radius 3 is 2.75 bits per heavy atom. The Morgan fingerprint density at radius 1 is 1.42 bits per heavy atom. The first kappa shape index (κ1) is 8.97. The smallest absolute Gasteiger partial charge is 0.128 e. The minimum absolute atomic E-state index is 0.717. The maximum Gasteiger partial charge on any atom is 0.128 e. The van der Waals surface area contributed by atoms with Crippen molar-refractivity contribution in [3.63, 3.8) is 0 Å². The standard InChI is InChI=1S/C9H15N3/c1-3-5-8-7(10)6-11-9(4-2)12-8/h6H,3-5,10H2,1-2H3. The van der Waals surface area contributed by atoms with Gasteiger partial charge in [-0.05, 0) is 6.42 Å². The predicted molar refractivity (Wildman–Crippen MR) is 49.8 cm³/mol. The van der Waals surface area contributed by atoms with E-state index in [-0.39, 0.29) is 0 Å². The van der Waals surface area contributed by atoms with Crippen LogP contribution in [0.25, 0.3) is 0 Å². The van der Waals surface area contributed by atoms with Crippen LogP contribution in [-0.2, 0) is 12.8 Å². The number of aryl methyl sites for hydroxylation is 2. The number of nitrogens with two attached hydrogens (primary N) is 1. The molecule has 66 valence electrons. The van der Waals surface area contributed by atoms with E-state index in [4.69, 9.17) is 5.73 Å². The normalized spacial score (nSPS) is 10.2. The largest absolute Gasteiger partial charge is 0.396 e. The van der Waals surface area contributed by atoms with E-state index in [1.807, 2.05) is 6.92 Å². The molecule has 0 atom stereocenters. The third-order valence-electron chi connectivity index (χ3n) is 1.75. The summed E-state index contributed by atoms with van der Waals surface area (Å²) in [4.78, 5) is 8.45. The molecule has 0 saturated carbocycles. The lowest BCUT2D eigenvalue weighted by atomic mass is 10.2. The monoisotopic (exact) mass is 165 g/mol. The van der Waals surface area contributed by atoms with Crippen molar-refractivity contribution in [2.24, 2.45) is 0 Å². The lowest BCUT2D eigenvalue weighted by Crippen LogP contribution is -2.02. The summed E-state index contributed by atoms with van der Waals surface area (Å²) < 4.78 is 0. The summed E-state index contributed by atoms with van der Waals surface area (Å²) in [7, 11) is 0. The number of anilines is 1. The van der Waals surface area contributed by atoms with Crippen molar-refractivity contribution >= 4 is 5.69 Å². The van der Waals surface area contributed by atoms with Crippen LogP contribution in [0.15, 0.2) is 6.20 Å². The molecule has 1 aromatic heterocycles. The van der Waals surface area contributed by atoms with Crippen LogP contribution in [0.3, 0.4) is 0 Å². The van der Waals surface area contributed by atoms with Gasteiger partial charge in [0.1, 0.15) is 5.82 Å². The third-order valence-corrected chi connectivity index (χ3v) is 1.75. The highest BCUT2D eigenvalue weighted by atomic mass is 14.9. The number of rotatable bonds is 3. The Balaban J connectivity index is 2.91. The zero-order chi connectivity index (χ0) is 8.97. The molecule has 1 aromatic rings. The number of nitrogens with zero attached hydrogens (tertiary/aromatic N) is 2. The molecule has 0 aromatic carbocycles. The molecule has 0 saturated heterocycles. The van der Waals surface area contributed by atoms with E-state index in [1.54, 1.807) is 6.20 Å². The number of hydrogen-bond donors (Lipinski definition) is 1. The number of nitrogen functional groups attached to an aromatic ring is 1. The topological polar surface area (TPSA) is 51.8 Å². The first-order valence-electron chi connectivity index (χ1n) is 4.38. The molecular weight excluding hydrogens is 150 g/mol. The summed E-state index contributed by atoms with van der Waals surface area (Å²) in [5.41, 5.74) is 7.41. The van der Waals surface area contributed by atoms with E-state index >= 15 is 0 Å². The van der Waals surface area contributed by atoms with Gasteiger partial charge < -0.3 is 5.73 Å². The van der Waals surface area contributed by atoms with Gasteiger partial charge in [-0.1, -0.05) is 20.3 Å². The highest BCUT2D eigenvalue weighted by Gasteiger charge is 2.01. The maximum atomic E-state index is 5.71. The van der Waals surface area contributed by atoms with Crippen molar-refractivity contribution in [3.8, 4) is 0 Å². The molecule has 3 heteroatoms. The van der Waals surface area contributed by atoms with Crippen LogP contribution >= 0.6 is 0 Å². The molecule has 0 bridgehead atoms. The highest BCUT2D eigenvalue weighted by molar-refractivity contribution is 5.40. The molecule has 1 rings (SSSR count). The average Bonchev–Trinajstić information content (AvgIpc) is 2.09. The van der Waals surface area contributed by atoms with Gasteiger partial charge in [0, 0.05) is 6.42 Å². The van der Waals surface area contributed by atoms with Gasteiger partial charge in [0.05, 0.1) is 17.6 Å². The highest BCUT2D eigenvalue weighted by Crippen LogP contribution is 2.09. The van der Waals surface area contributed by atoms with E-state index in [1.165, 1.54) is 0 Å². The van der Waals surface area contributed by atoms with E-state index in [2.05, 4.69) is 16.9 Å².